The maximum Gasteiger partial charge on any atom is 0.320 e. The molecule has 0 aliphatic heterocycles. The molecule has 25 heavy (non-hydrogen) atoms. The fourth-order valence-corrected chi connectivity index (χ4v) is 3.12. The van der Waals surface area contributed by atoms with Crippen molar-refractivity contribution in [2.24, 2.45) is 5.41 Å². The van der Waals surface area contributed by atoms with Crippen LogP contribution in [0.5, 0.6) is 0 Å². The van der Waals surface area contributed by atoms with Gasteiger partial charge in [0.25, 0.3) is 0 Å². The maximum atomic E-state index is 11.8. The lowest BCUT2D eigenvalue weighted by atomic mass is 9.95. The molecule has 0 unspecified atom stereocenters. The van der Waals surface area contributed by atoms with E-state index in [1.54, 1.807) is 0 Å². The van der Waals surface area contributed by atoms with E-state index in [-0.39, 0.29) is 23.0 Å². The lowest BCUT2D eigenvalue weighted by molar-refractivity contribution is -0.143. The molecule has 0 spiro atoms. The Morgan fingerprint density at radius 2 is 1.68 bits per heavy atom. The summed E-state index contributed by atoms with van der Waals surface area (Å²) in [7, 11) is -1.75. The van der Waals surface area contributed by atoms with E-state index < -0.39 is 8.32 Å². The smallest absolute Gasteiger partial charge is 0.320 e. The number of esters is 1. The Kier molecular flexibility index (Phi) is 7.84. The summed E-state index contributed by atoms with van der Waals surface area (Å²) in [5, 5.41) is 3.40. The summed E-state index contributed by atoms with van der Waals surface area (Å²) < 4.78 is 11.6. The molecular weight excluding hydrogens is 330 g/mol. The molecule has 1 aromatic carbocycles. The SMILES string of the molecule is CC(C)(CNCC(=O)OCc1ccccc1)CO[Si](C)(C)C(C)(C)C. The minimum absolute atomic E-state index is 0.0325. The van der Waals surface area contributed by atoms with E-state index in [2.05, 4.69) is 53.0 Å². The molecule has 1 N–H and O–H groups in total. The maximum absolute atomic E-state index is 11.8. The molecule has 142 valence electrons. The third-order valence-corrected chi connectivity index (χ3v) is 9.22. The molecule has 0 saturated heterocycles. The van der Waals surface area contributed by atoms with E-state index in [1.165, 1.54) is 0 Å². The molecule has 1 rings (SSSR count). The molecule has 0 saturated carbocycles. The third-order valence-electron chi connectivity index (χ3n) is 4.75. The van der Waals surface area contributed by atoms with E-state index in [0.29, 0.717) is 19.8 Å². The molecule has 4 nitrogen and oxygen atoms in total. The van der Waals surface area contributed by atoms with E-state index in [1.807, 2.05) is 30.3 Å². The van der Waals surface area contributed by atoms with Crippen molar-refractivity contribution in [2.75, 3.05) is 19.7 Å². The lowest BCUT2D eigenvalue weighted by Gasteiger charge is -2.39. The number of nitrogens with one attached hydrogen (secondary N) is 1. The Balaban J connectivity index is 2.30. The largest absolute Gasteiger partial charge is 0.460 e. The minimum atomic E-state index is -1.75. The van der Waals surface area contributed by atoms with Crippen LogP contribution in [-0.2, 0) is 20.6 Å². The zero-order chi connectivity index (χ0) is 19.1. The van der Waals surface area contributed by atoms with Crippen molar-refractivity contribution in [1.82, 2.24) is 5.32 Å². The highest BCUT2D eigenvalue weighted by Crippen LogP contribution is 2.37. The highest BCUT2D eigenvalue weighted by atomic mass is 28.4. The average Bonchev–Trinajstić information content (AvgIpc) is 2.51. The molecular formula is C20H35NO3Si. The van der Waals surface area contributed by atoms with Crippen LogP contribution in [0.2, 0.25) is 18.1 Å². The quantitative estimate of drug-likeness (QED) is 0.521. The molecule has 0 aromatic heterocycles. The standard InChI is InChI=1S/C20H35NO3Si/c1-19(2,3)25(6,7)24-16-20(4,5)15-21-13-18(22)23-14-17-11-9-8-10-12-17/h8-12,21H,13-16H2,1-7H3. The van der Waals surface area contributed by atoms with Gasteiger partial charge in [-0.15, -0.1) is 0 Å². The molecule has 0 radical (unpaired) electrons. The van der Waals surface area contributed by atoms with Crippen LogP contribution in [0.1, 0.15) is 40.2 Å². The fraction of sp³-hybridized carbons (Fsp3) is 0.650. The number of ether oxygens (including phenoxy) is 1. The van der Waals surface area contributed by atoms with Crippen molar-refractivity contribution in [1.29, 1.82) is 0 Å². The Hall–Kier alpha value is -1.17. The topological polar surface area (TPSA) is 47.6 Å². The number of hydrogen-bond donors (Lipinski definition) is 1. The minimum Gasteiger partial charge on any atom is -0.460 e. The van der Waals surface area contributed by atoms with Crippen LogP contribution in [0, 0.1) is 5.41 Å². The second-order valence-electron chi connectivity index (χ2n) is 8.96. The number of carbonyl (C=O) groups is 1. The lowest BCUT2D eigenvalue weighted by Crippen LogP contribution is -2.45. The van der Waals surface area contributed by atoms with E-state index >= 15 is 0 Å². The number of hydrogen-bond acceptors (Lipinski definition) is 4. The summed E-state index contributed by atoms with van der Waals surface area (Å²) in [6.45, 7) is 17.5. The molecule has 1 aromatic rings. The number of rotatable bonds is 9. The van der Waals surface area contributed by atoms with Gasteiger partial charge in [-0.1, -0.05) is 65.0 Å². The van der Waals surface area contributed by atoms with Gasteiger partial charge in [0, 0.05) is 13.2 Å². The summed E-state index contributed by atoms with van der Waals surface area (Å²) in [4.78, 5) is 11.8. The highest BCUT2D eigenvalue weighted by molar-refractivity contribution is 6.74. The van der Waals surface area contributed by atoms with Gasteiger partial charge in [-0.25, -0.2) is 0 Å². The second kappa shape index (κ2) is 8.97. The van der Waals surface area contributed by atoms with E-state index in [0.717, 1.165) is 5.56 Å². The van der Waals surface area contributed by atoms with Crippen LogP contribution in [0.25, 0.3) is 0 Å². The Morgan fingerprint density at radius 1 is 1.08 bits per heavy atom. The molecule has 0 atom stereocenters. The first-order valence-corrected chi connectivity index (χ1v) is 11.9. The number of benzene rings is 1. The monoisotopic (exact) mass is 365 g/mol. The van der Waals surface area contributed by atoms with Crippen molar-refractivity contribution >= 4 is 14.3 Å². The molecule has 0 heterocycles. The van der Waals surface area contributed by atoms with Gasteiger partial charge in [-0.2, -0.15) is 0 Å². The van der Waals surface area contributed by atoms with Crippen molar-refractivity contribution in [3.05, 3.63) is 35.9 Å². The molecule has 0 aliphatic rings. The normalized spacial score (nSPS) is 12.9. The van der Waals surface area contributed by atoms with Crippen LogP contribution in [-0.4, -0.2) is 34.0 Å². The first-order valence-electron chi connectivity index (χ1n) is 8.97. The van der Waals surface area contributed by atoms with E-state index in [9.17, 15) is 4.79 Å². The van der Waals surface area contributed by atoms with Gasteiger partial charge in [0.05, 0.1) is 6.54 Å². The average molecular weight is 366 g/mol. The van der Waals surface area contributed by atoms with Crippen LogP contribution in [0.4, 0.5) is 0 Å². The summed E-state index contributed by atoms with van der Waals surface area (Å²) in [5.74, 6) is -0.232. The summed E-state index contributed by atoms with van der Waals surface area (Å²) >= 11 is 0. The molecule has 5 heteroatoms. The first kappa shape index (κ1) is 21.9. The van der Waals surface area contributed by atoms with Gasteiger partial charge < -0.3 is 14.5 Å². The van der Waals surface area contributed by atoms with E-state index in [4.69, 9.17) is 9.16 Å². The Labute approximate surface area is 154 Å². The van der Waals surface area contributed by atoms with Crippen LogP contribution < -0.4 is 5.32 Å². The van der Waals surface area contributed by atoms with Crippen molar-refractivity contribution in [2.45, 2.75) is 59.4 Å². The fourth-order valence-electron chi connectivity index (χ4n) is 1.94. The van der Waals surface area contributed by atoms with Crippen molar-refractivity contribution in [3.63, 3.8) is 0 Å². The highest BCUT2D eigenvalue weighted by Gasteiger charge is 2.38. The third kappa shape index (κ3) is 8.16. The first-order chi connectivity index (χ1) is 11.4. The van der Waals surface area contributed by atoms with Gasteiger partial charge in [0.15, 0.2) is 8.32 Å². The molecule has 0 aliphatic carbocycles. The zero-order valence-corrected chi connectivity index (χ0v) is 17.9. The second-order valence-corrected chi connectivity index (χ2v) is 13.8. The van der Waals surface area contributed by atoms with Crippen LogP contribution in [0.15, 0.2) is 30.3 Å². The predicted octanol–water partition coefficient (Wildman–Crippen LogP) is 4.37. The van der Waals surface area contributed by atoms with Crippen molar-refractivity contribution < 1.29 is 14.0 Å². The van der Waals surface area contributed by atoms with Crippen LogP contribution >= 0.6 is 0 Å². The van der Waals surface area contributed by atoms with Gasteiger partial charge in [-0.3, -0.25) is 4.79 Å². The number of carbonyl (C=O) groups excluding carboxylic acids is 1. The Bertz CT molecular complexity index is 536. The van der Waals surface area contributed by atoms with Gasteiger partial charge >= 0.3 is 5.97 Å². The van der Waals surface area contributed by atoms with Crippen LogP contribution in [0.3, 0.4) is 0 Å². The summed E-state index contributed by atoms with van der Waals surface area (Å²) in [5.41, 5.74) is 0.967. The predicted molar refractivity (Wildman–Crippen MR) is 106 cm³/mol. The van der Waals surface area contributed by atoms with Crippen molar-refractivity contribution in [3.8, 4) is 0 Å². The summed E-state index contributed by atoms with van der Waals surface area (Å²) in [6.07, 6.45) is 0. The van der Waals surface area contributed by atoms with Gasteiger partial charge in [-0.05, 0) is 29.1 Å². The zero-order valence-electron chi connectivity index (χ0n) is 16.9. The van der Waals surface area contributed by atoms with Gasteiger partial charge in [0.1, 0.15) is 6.61 Å². The summed E-state index contributed by atoms with van der Waals surface area (Å²) in [6, 6.07) is 9.71. The molecule has 0 fully saturated rings. The molecule has 0 amide bonds. The molecule has 0 bridgehead atoms. The Morgan fingerprint density at radius 3 is 2.24 bits per heavy atom. The van der Waals surface area contributed by atoms with Gasteiger partial charge in [0.2, 0.25) is 0 Å².